The van der Waals surface area contributed by atoms with Gasteiger partial charge in [-0.3, -0.25) is 4.79 Å². The van der Waals surface area contributed by atoms with Crippen LogP contribution < -0.4 is 5.32 Å². The van der Waals surface area contributed by atoms with Crippen LogP contribution in [0.25, 0.3) is 0 Å². The number of carbonyl (C=O) groups excluding carboxylic acids is 2. The number of hydrogen-bond donors (Lipinski definition) is 1. The predicted molar refractivity (Wildman–Crippen MR) is 137 cm³/mol. The Hall–Kier alpha value is -3.45. The average Bonchev–Trinajstić information content (AvgIpc) is 3.56. The van der Waals surface area contributed by atoms with E-state index in [1.165, 1.54) is 0 Å². The minimum atomic E-state index is -0.179. The van der Waals surface area contributed by atoms with E-state index in [4.69, 9.17) is 5.10 Å². The Bertz CT molecular complexity index is 1200. The van der Waals surface area contributed by atoms with Gasteiger partial charge in [-0.05, 0) is 60.4 Å². The van der Waals surface area contributed by atoms with Gasteiger partial charge < -0.3 is 10.2 Å². The predicted octanol–water partition coefficient (Wildman–Crippen LogP) is 6.07. The number of urea groups is 1. The molecule has 2 aliphatic heterocycles. The van der Waals surface area contributed by atoms with Crippen molar-refractivity contribution in [3.05, 3.63) is 100 Å². The zero-order valence-corrected chi connectivity index (χ0v) is 20.2. The number of anilines is 1. The summed E-state index contributed by atoms with van der Waals surface area (Å²) in [7, 11) is 0. The van der Waals surface area contributed by atoms with E-state index in [0.717, 1.165) is 52.9 Å². The molecule has 3 amide bonds. The number of nitrogens with zero attached hydrogens (tertiary/aromatic N) is 3. The lowest BCUT2D eigenvalue weighted by atomic mass is 9.98. The van der Waals surface area contributed by atoms with Crippen LogP contribution in [0.3, 0.4) is 0 Å². The number of hydrogen-bond acceptors (Lipinski definition) is 3. The lowest BCUT2D eigenvalue weighted by Gasteiger charge is -2.22. The molecule has 2 aliphatic rings. The molecule has 1 atom stereocenters. The molecule has 0 spiro atoms. The van der Waals surface area contributed by atoms with E-state index in [1.807, 2.05) is 71.6 Å². The number of carbonyl (C=O) groups is 2. The van der Waals surface area contributed by atoms with E-state index in [9.17, 15) is 9.59 Å². The summed E-state index contributed by atoms with van der Waals surface area (Å²) in [5.41, 5.74) is 4.17. The summed E-state index contributed by atoms with van der Waals surface area (Å²) in [6.45, 7) is 1.62. The Morgan fingerprint density at radius 1 is 0.882 bits per heavy atom. The van der Waals surface area contributed by atoms with Crippen molar-refractivity contribution in [3.8, 4) is 0 Å². The van der Waals surface area contributed by atoms with Crippen molar-refractivity contribution in [3.63, 3.8) is 0 Å². The molecular weight excluding hydrogens is 492 g/mol. The first-order chi connectivity index (χ1) is 16.6. The Morgan fingerprint density at radius 2 is 1.56 bits per heavy atom. The number of amides is 3. The maximum atomic E-state index is 13.4. The van der Waals surface area contributed by atoms with Gasteiger partial charge in [0.15, 0.2) is 0 Å². The van der Waals surface area contributed by atoms with Crippen molar-refractivity contribution in [1.29, 1.82) is 0 Å². The molecule has 1 N–H and O–H groups in total. The van der Waals surface area contributed by atoms with Crippen LogP contribution >= 0.6 is 15.9 Å². The largest absolute Gasteiger partial charge is 0.325 e. The summed E-state index contributed by atoms with van der Waals surface area (Å²) < 4.78 is 0.922. The number of rotatable bonds is 4. The molecular formula is C27H25BrN4O2. The third-order valence-corrected chi connectivity index (χ3v) is 6.79. The molecule has 3 aromatic carbocycles. The zero-order chi connectivity index (χ0) is 23.5. The van der Waals surface area contributed by atoms with Crippen LogP contribution in [0.5, 0.6) is 0 Å². The molecule has 1 unspecified atom stereocenters. The third kappa shape index (κ3) is 4.75. The fourth-order valence-corrected chi connectivity index (χ4v) is 4.66. The summed E-state index contributed by atoms with van der Waals surface area (Å²) in [6.07, 6.45) is 2.74. The van der Waals surface area contributed by atoms with Crippen molar-refractivity contribution < 1.29 is 9.59 Å². The van der Waals surface area contributed by atoms with Gasteiger partial charge in [0.05, 0.1) is 11.8 Å². The van der Waals surface area contributed by atoms with E-state index < -0.39 is 0 Å². The molecule has 0 radical (unpaired) electrons. The maximum absolute atomic E-state index is 13.4. The van der Waals surface area contributed by atoms with Crippen LogP contribution in [0.2, 0.25) is 0 Å². The summed E-state index contributed by atoms with van der Waals surface area (Å²) in [5.74, 6) is -0.133. The third-order valence-electron chi connectivity index (χ3n) is 6.26. The smallest absolute Gasteiger partial charge is 0.321 e. The van der Waals surface area contributed by atoms with Crippen LogP contribution in [0.15, 0.2) is 88.4 Å². The highest BCUT2D eigenvalue weighted by Crippen LogP contribution is 2.34. The SMILES string of the molecule is O=C(Nc1ccc(C2=NN(C(=O)c3ccc(Br)cc3)C(c3ccccc3)C2)cc1)N1CCCC1. The van der Waals surface area contributed by atoms with Crippen molar-refractivity contribution >= 4 is 39.3 Å². The number of hydrazone groups is 1. The van der Waals surface area contributed by atoms with Gasteiger partial charge in [-0.1, -0.05) is 58.4 Å². The first-order valence-corrected chi connectivity index (χ1v) is 12.3. The second kappa shape index (κ2) is 9.81. The summed E-state index contributed by atoms with van der Waals surface area (Å²) in [6, 6.07) is 24.8. The monoisotopic (exact) mass is 516 g/mol. The zero-order valence-electron chi connectivity index (χ0n) is 18.7. The molecule has 5 rings (SSSR count). The highest BCUT2D eigenvalue weighted by atomic mass is 79.9. The van der Waals surface area contributed by atoms with Crippen LogP contribution in [0.4, 0.5) is 10.5 Å². The van der Waals surface area contributed by atoms with E-state index in [0.29, 0.717) is 12.0 Å². The standard InChI is InChI=1S/C27H25BrN4O2/c28-22-12-8-21(9-13-22)26(33)32-25(20-6-2-1-3-7-20)18-24(30-32)19-10-14-23(15-11-19)29-27(34)31-16-4-5-17-31/h1-3,6-15,25H,4-5,16-18H2,(H,29,34). The summed E-state index contributed by atoms with van der Waals surface area (Å²) >= 11 is 3.43. The fourth-order valence-electron chi connectivity index (χ4n) is 4.40. The van der Waals surface area contributed by atoms with Gasteiger partial charge in [0, 0.05) is 35.2 Å². The Balaban J connectivity index is 1.38. The van der Waals surface area contributed by atoms with E-state index in [1.54, 1.807) is 17.1 Å². The average molecular weight is 517 g/mol. The second-order valence-electron chi connectivity index (χ2n) is 8.54. The number of benzene rings is 3. The van der Waals surface area contributed by atoms with E-state index >= 15 is 0 Å². The van der Waals surface area contributed by atoms with Crippen molar-refractivity contribution in [2.45, 2.75) is 25.3 Å². The lowest BCUT2D eigenvalue weighted by Crippen LogP contribution is -2.32. The molecule has 34 heavy (non-hydrogen) atoms. The molecule has 1 fully saturated rings. The molecule has 3 aromatic rings. The van der Waals surface area contributed by atoms with Crippen molar-refractivity contribution in [1.82, 2.24) is 9.91 Å². The minimum absolute atomic E-state index is 0.0566. The van der Waals surface area contributed by atoms with Gasteiger partial charge in [-0.2, -0.15) is 5.10 Å². The second-order valence-corrected chi connectivity index (χ2v) is 9.45. The molecule has 7 heteroatoms. The quantitative estimate of drug-likeness (QED) is 0.457. The molecule has 0 aliphatic carbocycles. The highest BCUT2D eigenvalue weighted by Gasteiger charge is 2.33. The van der Waals surface area contributed by atoms with E-state index in [-0.39, 0.29) is 18.0 Å². The van der Waals surface area contributed by atoms with Crippen LogP contribution in [0.1, 0.15) is 46.8 Å². The van der Waals surface area contributed by atoms with Gasteiger partial charge in [-0.15, -0.1) is 0 Å². The lowest BCUT2D eigenvalue weighted by molar-refractivity contribution is 0.0711. The Morgan fingerprint density at radius 3 is 2.24 bits per heavy atom. The van der Waals surface area contributed by atoms with Crippen molar-refractivity contribution in [2.24, 2.45) is 5.10 Å². The van der Waals surface area contributed by atoms with Gasteiger partial charge >= 0.3 is 6.03 Å². The molecule has 1 saturated heterocycles. The highest BCUT2D eigenvalue weighted by molar-refractivity contribution is 9.10. The Labute approximate surface area is 207 Å². The molecule has 6 nitrogen and oxygen atoms in total. The van der Waals surface area contributed by atoms with Gasteiger partial charge in [0.1, 0.15) is 0 Å². The summed E-state index contributed by atoms with van der Waals surface area (Å²) in [5, 5.41) is 9.32. The number of halogens is 1. The fraction of sp³-hybridized carbons (Fsp3) is 0.222. The van der Waals surface area contributed by atoms with Gasteiger partial charge in [-0.25, -0.2) is 9.80 Å². The van der Waals surface area contributed by atoms with Crippen LogP contribution in [0, 0.1) is 0 Å². The van der Waals surface area contributed by atoms with Crippen LogP contribution in [-0.2, 0) is 0 Å². The van der Waals surface area contributed by atoms with Gasteiger partial charge in [0.2, 0.25) is 0 Å². The first-order valence-electron chi connectivity index (χ1n) is 11.5. The Kier molecular flexibility index (Phi) is 6.45. The maximum Gasteiger partial charge on any atom is 0.321 e. The normalized spacial score (nSPS) is 17.6. The molecule has 0 saturated carbocycles. The number of likely N-dealkylation sites (tertiary alicyclic amines) is 1. The minimum Gasteiger partial charge on any atom is -0.325 e. The summed E-state index contributed by atoms with van der Waals surface area (Å²) in [4.78, 5) is 27.6. The van der Waals surface area contributed by atoms with E-state index in [2.05, 4.69) is 21.2 Å². The van der Waals surface area contributed by atoms with Gasteiger partial charge in [0.25, 0.3) is 5.91 Å². The topological polar surface area (TPSA) is 65.0 Å². The van der Waals surface area contributed by atoms with Crippen molar-refractivity contribution in [2.75, 3.05) is 18.4 Å². The van der Waals surface area contributed by atoms with Crippen LogP contribution in [-0.4, -0.2) is 40.6 Å². The molecule has 172 valence electrons. The molecule has 0 bridgehead atoms. The molecule has 0 aromatic heterocycles. The number of nitrogens with one attached hydrogen (secondary N) is 1. The molecule has 2 heterocycles. The first kappa shape index (κ1) is 22.3.